The second-order valence-electron chi connectivity index (χ2n) is 6.86. The molecule has 1 saturated heterocycles. The summed E-state index contributed by atoms with van der Waals surface area (Å²) < 4.78 is 1.84. The van der Waals surface area contributed by atoms with Crippen LogP contribution in [0.1, 0.15) is 38.5 Å². The highest BCUT2D eigenvalue weighted by Gasteiger charge is 2.25. The fourth-order valence-electron chi connectivity index (χ4n) is 3.67. The van der Waals surface area contributed by atoms with Gasteiger partial charge in [0.15, 0.2) is 0 Å². The van der Waals surface area contributed by atoms with Crippen molar-refractivity contribution in [3.05, 3.63) is 39.3 Å². The SMILES string of the molecule is Cn1cc(CN2CCN(C(=O)c3cc4c(s3)CCCC4)CC2)cn1. The van der Waals surface area contributed by atoms with Gasteiger partial charge < -0.3 is 4.90 Å². The third-order valence-corrected chi connectivity index (χ3v) is 6.26. The molecule has 4 rings (SSSR count). The summed E-state index contributed by atoms with van der Waals surface area (Å²) in [6, 6.07) is 2.16. The number of fused-ring (bicyclic) bond motifs is 1. The monoisotopic (exact) mass is 344 g/mol. The zero-order valence-corrected chi connectivity index (χ0v) is 15.0. The molecular weight excluding hydrogens is 320 g/mol. The van der Waals surface area contributed by atoms with E-state index in [1.807, 2.05) is 22.8 Å². The van der Waals surface area contributed by atoms with Gasteiger partial charge in [0.05, 0.1) is 11.1 Å². The molecule has 2 aliphatic rings. The molecule has 1 fully saturated rings. The van der Waals surface area contributed by atoms with Gasteiger partial charge in [-0.2, -0.15) is 5.10 Å². The summed E-state index contributed by atoms with van der Waals surface area (Å²) in [5.41, 5.74) is 2.66. The van der Waals surface area contributed by atoms with Crippen molar-refractivity contribution in [1.82, 2.24) is 19.6 Å². The van der Waals surface area contributed by atoms with Crippen molar-refractivity contribution < 1.29 is 4.79 Å². The van der Waals surface area contributed by atoms with E-state index in [1.54, 1.807) is 11.3 Å². The van der Waals surface area contributed by atoms with Crippen LogP contribution in [0.4, 0.5) is 0 Å². The Bertz CT molecular complexity index is 704. The number of nitrogens with zero attached hydrogens (tertiary/aromatic N) is 4. The number of aryl methyl sites for hydroxylation is 3. The summed E-state index contributed by atoms with van der Waals surface area (Å²) in [6.45, 7) is 4.43. The van der Waals surface area contributed by atoms with Crippen molar-refractivity contribution in [3.63, 3.8) is 0 Å². The molecule has 0 saturated carbocycles. The maximum absolute atomic E-state index is 12.8. The van der Waals surface area contributed by atoms with Crippen LogP contribution >= 0.6 is 11.3 Å². The molecule has 1 amide bonds. The Morgan fingerprint density at radius 3 is 2.71 bits per heavy atom. The minimum atomic E-state index is 0.232. The van der Waals surface area contributed by atoms with Gasteiger partial charge >= 0.3 is 0 Å². The number of rotatable bonds is 3. The van der Waals surface area contributed by atoms with Crippen LogP contribution in [0.25, 0.3) is 0 Å². The van der Waals surface area contributed by atoms with Gasteiger partial charge in [-0.25, -0.2) is 0 Å². The standard InChI is InChI=1S/C18H24N4OS/c1-20-12-14(11-19-20)13-21-6-8-22(9-7-21)18(23)17-10-15-4-2-3-5-16(15)24-17/h10-12H,2-9,13H2,1H3. The molecular formula is C18H24N4OS. The third-order valence-electron chi connectivity index (χ3n) is 5.03. The molecule has 0 bridgehead atoms. The first-order valence-corrected chi connectivity index (χ1v) is 9.61. The second kappa shape index (κ2) is 6.69. The van der Waals surface area contributed by atoms with Gasteiger partial charge in [-0.05, 0) is 37.3 Å². The molecule has 1 aliphatic carbocycles. The number of hydrogen-bond acceptors (Lipinski definition) is 4. The lowest BCUT2D eigenvalue weighted by Crippen LogP contribution is -2.48. The minimum absolute atomic E-state index is 0.232. The summed E-state index contributed by atoms with van der Waals surface area (Å²) >= 11 is 1.73. The van der Waals surface area contributed by atoms with Crippen LogP contribution in [0.5, 0.6) is 0 Å². The predicted octanol–water partition coefficient (Wildman–Crippen LogP) is 2.32. The molecule has 0 spiro atoms. The average Bonchev–Trinajstić information content (AvgIpc) is 3.21. The number of carbonyl (C=O) groups excluding carboxylic acids is 1. The highest BCUT2D eigenvalue weighted by atomic mass is 32.1. The predicted molar refractivity (Wildman–Crippen MR) is 95.3 cm³/mol. The van der Waals surface area contributed by atoms with Crippen molar-refractivity contribution in [1.29, 1.82) is 0 Å². The van der Waals surface area contributed by atoms with E-state index in [4.69, 9.17) is 0 Å². The Labute approximate surface area is 146 Å². The zero-order valence-electron chi connectivity index (χ0n) is 14.2. The molecule has 24 heavy (non-hydrogen) atoms. The van der Waals surface area contributed by atoms with Gasteiger partial charge in [0.25, 0.3) is 5.91 Å². The van der Waals surface area contributed by atoms with Crippen molar-refractivity contribution in [2.45, 2.75) is 32.2 Å². The van der Waals surface area contributed by atoms with Gasteiger partial charge in [-0.3, -0.25) is 14.4 Å². The zero-order chi connectivity index (χ0) is 16.5. The van der Waals surface area contributed by atoms with E-state index >= 15 is 0 Å². The summed E-state index contributed by atoms with van der Waals surface area (Å²) in [4.78, 5) is 19.6. The largest absolute Gasteiger partial charge is 0.335 e. The molecule has 2 aromatic heterocycles. The molecule has 1 aliphatic heterocycles. The molecule has 3 heterocycles. The Morgan fingerprint density at radius 2 is 2.00 bits per heavy atom. The van der Waals surface area contributed by atoms with Gasteiger partial charge in [0, 0.05) is 56.4 Å². The van der Waals surface area contributed by atoms with Crippen molar-refractivity contribution in [2.24, 2.45) is 7.05 Å². The first-order valence-electron chi connectivity index (χ1n) is 8.80. The van der Waals surface area contributed by atoms with E-state index in [9.17, 15) is 4.79 Å². The number of aromatic nitrogens is 2. The van der Waals surface area contributed by atoms with E-state index in [2.05, 4.69) is 22.3 Å². The lowest BCUT2D eigenvalue weighted by Gasteiger charge is -2.34. The van der Waals surface area contributed by atoms with Crippen LogP contribution in [0.3, 0.4) is 0 Å². The number of thiophene rings is 1. The van der Waals surface area contributed by atoms with Gasteiger partial charge in [0.2, 0.25) is 0 Å². The highest BCUT2D eigenvalue weighted by molar-refractivity contribution is 7.14. The number of piperazine rings is 1. The minimum Gasteiger partial charge on any atom is -0.335 e. The highest BCUT2D eigenvalue weighted by Crippen LogP contribution is 2.30. The first-order chi connectivity index (χ1) is 11.7. The first kappa shape index (κ1) is 15.8. The van der Waals surface area contributed by atoms with Crippen LogP contribution in [0, 0.1) is 0 Å². The average molecular weight is 344 g/mol. The molecule has 128 valence electrons. The maximum Gasteiger partial charge on any atom is 0.264 e. The lowest BCUT2D eigenvalue weighted by molar-refractivity contribution is 0.0633. The van der Waals surface area contributed by atoms with Crippen LogP contribution in [-0.2, 0) is 26.4 Å². The van der Waals surface area contributed by atoms with E-state index in [0.29, 0.717) is 0 Å². The molecule has 0 N–H and O–H groups in total. The molecule has 0 radical (unpaired) electrons. The number of carbonyl (C=O) groups is 1. The fourth-order valence-corrected chi connectivity index (χ4v) is 4.89. The molecule has 0 unspecified atom stereocenters. The van der Waals surface area contributed by atoms with Crippen LogP contribution in [-0.4, -0.2) is 51.7 Å². The van der Waals surface area contributed by atoms with Crippen LogP contribution < -0.4 is 0 Å². The maximum atomic E-state index is 12.8. The van der Waals surface area contributed by atoms with Crippen molar-refractivity contribution >= 4 is 17.2 Å². The third kappa shape index (κ3) is 3.26. The Morgan fingerprint density at radius 1 is 1.21 bits per heavy atom. The molecule has 0 atom stereocenters. The summed E-state index contributed by atoms with van der Waals surface area (Å²) in [7, 11) is 1.95. The summed E-state index contributed by atoms with van der Waals surface area (Å²) in [5.74, 6) is 0.232. The fraction of sp³-hybridized carbons (Fsp3) is 0.556. The quantitative estimate of drug-likeness (QED) is 0.858. The summed E-state index contributed by atoms with van der Waals surface area (Å²) in [5, 5.41) is 4.22. The number of hydrogen-bond donors (Lipinski definition) is 0. The molecule has 6 heteroatoms. The molecule has 5 nitrogen and oxygen atoms in total. The van der Waals surface area contributed by atoms with Gasteiger partial charge in [0.1, 0.15) is 0 Å². The second-order valence-corrected chi connectivity index (χ2v) is 7.99. The smallest absolute Gasteiger partial charge is 0.264 e. The van der Waals surface area contributed by atoms with E-state index in [0.717, 1.165) is 50.4 Å². The molecule has 2 aromatic rings. The molecule has 0 aromatic carbocycles. The van der Waals surface area contributed by atoms with Gasteiger partial charge in [-0.15, -0.1) is 11.3 Å². The summed E-state index contributed by atoms with van der Waals surface area (Å²) in [6.07, 6.45) is 8.84. The van der Waals surface area contributed by atoms with E-state index in [-0.39, 0.29) is 5.91 Å². The van der Waals surface area contributed by atoms with Crippen molar-refractivity contribution in [3.8, 4) is 0 Å². The number of amides is 1. The topological polar surface area (TPSA) is 41.4 Å². The Kier molecular flexibility index (Phi) is 4.41. The Hall–Kier alpha value is -1.66. The van der Waals surface area contributed by atoms with Crippen LogP contribution in [0.2, 0.25) is 0 Å². The van der Waals surface area contributed by atoms with Crippen molar-refractivity contribution in [2.75, 3.05) is 26.2 Å². The lowest BCUT2D eigenvalue weighted by atomic mass is 9.99. The van der Waals surface area contributed by atoms with E-state index < -0.39 is 0 Å². The van der Waals surface area contributed by atoms with E-state index in [1.165, 1.54) is 28.8 Å². The van der Waals surface area contributed by atoms with Crippen LogP contribution in [0.15, 0.2) is 18.5 Å². The normalized spacial score (nSPS) is 18.6. The Balaban J connectivity index is 1.35. The van der Waals surface area contributed by atoms with Gasteiger partial charge in [-0.1, -0.05) is 0 Å².